The lowest BCUT2D eigenvalue weighted by atomic mass is 10.1. The SMILES string of the molecule is COc1ccc(C)cc1NC(=O)CSCC(C)(C)N. The van der Waals surface area contributed by atoms with Gasteiger partial charge in [0.25, 0.3) is 0 Å². The summed E-state index contributed by atoms with van der Waals surface area (Å²) in [4.78, 5) is 11.8. The number of nitrogens with two attached hydrogens (primary N) is 1. The molecule has 0 saturated carbocycles. The van der Waals surface area contributed by atoms with Gasteiger partial charge in [-0.15, -0.1) is 0 Å². The first-order chi connectivity index (χ1) is 8.81. The Bertz CT molecular complexity index is 442. The smallest absolute Gasteiger partial charge is 0.234 e. The van der Waals surface area contributed by atoms with Crippen LogP contribution in [0.3, 0.4) is 0 Å². The first kappa shape index (κ1) is 15.9. The van der Waals surface area contributed by atoms with E-state index in [2.05, 4.69) is 5.32 Å². The van der Waals surface area contributed by atoms with Gasteiger partial charge in [0.05, 0.1) is 18.6 Å². The average Bonchev–Trinajstić information content (AvgIpc) is 2.27. The molecule has 0 unspecified atom stereocenters. The van der Waals surface area contributed by atoms with Crippen molar-refractivity contribution < 1.29 is 9.53 Å². The highest BCUT2D eigenvalue weighted by Gasteiger charge is 2.13. The first-order valence-electron chi connectivity index (χ1n) is 6.13. The number of thioether (sulfide) groups is 1. The molecule has 3 N–H and O–H groups in total. The van der Waals surface area contributed by atoms with Gasteiger partial charge in [-0.25, -0.2) is 0 Å². The lowest BCUT2D eigenvalue weighted by Crippen LogP contribution is -2.35. The zero-order valence-corrected chi connectivity index (χ0v) is 12.8. The van der Waals surface area contributed by atoms with E-state index in [9.17, 15) is 4.79 Å². The maximum Gasteiger partial charge on any atom is 0.234 e. The fourth-order valence-corrected chi connectivity index (χ4v) is 2.40. The first-order valence-corrected chi connectivity index (χ1v) is 7.28. The van der Waals surface area contributed by atoms with Crippen LogP contribution < -0.4 is 15.8 Å². The molecule has 1 aromatic carbocycles. The second-order valence-electron chi connectivity index (χ2n) is 5.23. The van der Waals surface area contributed by atoms with E-state index in [1.54, 1.807) is 7.11 Å². The van der Waals surface area contributed by atoms with Gasteiger partial charge in [-0.05, 0) is 38.5 Å². The predicted octanol–water partition coefficient (Wildman–Crippen LogP) is 2.41. The third kappa shape index (κ3) is 5.98. The second-order valence-corrected chi connectivity index (χ2v) is 6.22. The van der Waals surface area contributed by atoms with Crippen LogP contribution in [0.1, 0.15) is 19.4 Å². The lowest BCUT2D eigenvalue weighted by molar-refractivity contribution is -0.113. The number of hydrogen-bond acceptors (Lipinski definition) is 4. The van der Waals surface area contributed by atoms with Crippen LogP contribution in [-0.4, -0.2) is 30.1 Å². The number of rotatable bonds is 6. The van der Waals surface area contributed by atoms with Gasteiger partial charge in [-0.2, -0.15) is 11.8 Å². The normalized spacial score (nSPS) is 11.2. The van der Waals surface area contributed by atoms with E-state index in [1.807, 2.05) is 39.0 Å². The van der Waals surface area contributed by atoms with Crippen LogP contribution in [0.2, 0.25) is 0 Å². The van der Waals surface area contributed by atoms with Crippen molar-refractivity contribution in [3.8, 4) is 5.75 Å². The number of aryl methyl sites for hydroxylation is 1. The molecule has 0 atom stereocenters. The minimum absolute atomic E-state index is 0.0434. The summed E-state index contributed by atoms with van der Waals surface area (Å²) in [6.07, 6.45) is 0. The Morgan fingerprint density at radius 1 is 1.47 bits per heavy atom. The van der Waals surface area contributed by atoms with Gasteiger partial charge < -0.3 is 15.8 Å². The number of amides is 1. The van der Waals surface area contributed by atoms with Crippen molar-refractivity contribution >= 4 is 23.4 Å². The molecule has 106 valence electrons. The molecule has 1 aromatic rings. The monoisotopic (exact) mass is 282 g/mol. The van der Waals surface area contributed by atoms with Crippen LogP contribution in [0, 0.1) is 6.92 Å². The molecule has 4 nitrogen and oxygen atoms in total. The summed E-state index contributed by atoms with van der Waals surface area (Å²) in [5.74, 6) is 1.75. The van der Waals surface area contributed by atoms with Crippen LogP contribution >= 0.6 is 11.8 Å². The summed E-state index contributed by atoms with van der Waals surface area (Å²) in [6, 6.07) is 5.69. The van der Waals surface area contributed by atoms with Crippen molar-refractivity contribution in [2.24, 2.45) is 5.73 Å². The Kier molecular flexibility index (Phi) is 5.69. The fraction of sp³-hybridized carbons (Fsp3) is 0.500. The maximum absolute atomic E-state index is 11.8. The summed E-state index contributed by atoms with van der Waals surface area (Å²) in [7, 11) is 1.59. The number of anilines is 1. The third-order valence-electron chi connectivity index (χ3n) is 2.34. The van der Waals surface area contributed by atoms with Crippen LogP contribution in [0.4, 0.5) is 5.69 Å². The van der Waals surface area contributed by atoms with Gasteiger partial charge in [0.15, 0.2) is 0 Å². The second kappa shape index (κ2) is 6.82. The summed E-state index contributed by atoms with van der Waals surface area (Å²) in [5, 5.41) is 2.86. The highest BCUT2D eigenvalue weighted by molar-refractivity contribution is 8.00. The van der Waals surface area contributed by atoms with Gasteiger partial charge >= 0.3 is 0 Å². The van der Waals surface area contributed by atoms with Crippen molar-refractivity contribution in [3.05, 3.63) is 23.8 Å². The number of methoxy groups -OCH3 is 1. The molecule has 5 heteroatoms. The molecule has 0 aliphatic carbocycles. The highest BCUT2D eigenvalue weighted by atomic mass is 32.2. The molecule has 0 spiro atoms. The minimum Gasteiger partial charge on any atom is -0.495 e. The zero-order chi connectivity index (χ0) is 14.5. The number of carbonyl (C=O) groups is 1. The van der Waals surface area contributed by atoms with E-state index < -0.39 is 0 Å². The molecule has 0 saturated heterocycles. The number of benzene rings is 1. The molecule has 0 aromatic heterocycles. The van der Waals surface area contributed by atoms with E-state index in [1.165, 1.54) is 11.8 Å². The number of carbonyl (C=O) groups excluding carboxylic acids is 1. The molecule has 1 amide bonds. The van der Waals surface area contributed by atoms with Crippen molar-refractivity contribution in [1.82, 2.24) is 0 Å². The summed E-state index contributed by atoms with van der Waals surface area (Å²) >= 11 is 1.53. The van der Waals surface area contributed by atoms with Gasteiger partial charge in [-0.1, -0.05) is 6.07 Å². The van der Waals surface area contributed by atoms with Crippen LogP contribution in [0.15, 0.2) is 18.2 Å². The topological polar surface area (TPSA) is 64.3 Å². The van der Waals surface area contributed by atoms with E-state index in [4.69, 9.17) is 10.5 Å². The van der Waals surface area contributed by atoms with Gasteiger partial charge in [0.1, 0.15) is 5.75 Å². The van der Waals surface area contributed by atoms with Crippen LogP contribution in [-0.2, 0) is 4.79 Å². The average molecular weight is 282 g/mol. The van der Waals surface area contributed by atoms with Crippen molar-refractivity contribution in [2.45, 2.75) is 26.3 Å². The molecule has 0 aliphatic rings. The summed E-state index contributed by atoms with van der Waals surface area (Å²) < 4.78 is 5.22. The van der Waals surface area contributed by atoms with E-state index in [0.29, 0.717) is 17.2 Å². The molecule has 0 heterocycles. The maximum atomic E-state index is 11.8. The summed E-state index contributed by atoms with van der Waals surface area (Å²) in [6.45, 7) is 5.86. The molecular weight excluding hydrogens is 260 g/mol. The quantitative estimate of drug-likeness (QED) is 0.841. The Hall–Kier alpha value is -1.20. The van der Waals surface area contributed by atoms with E-state index >= 15 is 0 Å². The van der Waals surface area contributed by atoms with Gasteiger partial charge in [-0.3, -0.25) is 4.79 Å². The molecule has 0 aliphatic heterocycles. The zero-order valence-electron chi connectivity index (χ0n) is 11.9. The standard InChI is InChI=1S/C14H22N2O2S/c1-10-5-6-12(18-4)11(7-10)16-13(17)8-19-9-14(2,3)15/h5-7H,8-9,15H2,1-4H3,(H,16,17). The Morgan fingerprint density at radius 2 is 2.16 bits per heavy atom. The Balaban J connectivity index is 2.55. The van der Waals surface area contributed by atoms with Crippen molar-refractivity contribution in [3.63, 3.8) is 0 Å². The fourth-order valence-electron chi connectivity index (χ4n) is 1.51. The number of hydrogen-bond donors (Lipinski definition) is 2. The van der Waals surface area contributed by atoms with E-state index in [0.717, 1.165) is 11.3 Å². The number of nitrogens with one attached hydrogen (secondary N) is 1. The molecule has 0 radical (unpaired) electrons. The Labute approximate surface area is 119 Å². The minimum atomic E-state index is -0.258. The lowest BCUT2D eigenvalue weighted by Gasteiger charge is -2.17. The van der Waals surface area contributed by atoms with Crippen LogP contribution in [0.25, 0.3) is 0 Å². The van der Waals surface area contributed by atoms with E-state index in [-0.39, 0.29) is 11.4 Å². The van der Waals surface area contributed by atoms with Crippen molar-refractivity contribution in [2.75, 3.05) is 23.9 Å². The predicted molar refractivity (Wildman–Crippen MR) is 82.0 cm³/mol. The molecule has 0 fully saturated rings. The highest BCUT2D eigenvalue weighted by Crippen LogP contribution is 2.25. The third-order valence-corrected chi connectivity index (χ3v) is 3.75. The number of ether oxygens (including phenoxy) is 1. The molecular formula is C14H22N2O2S. The van der Waals surface area contributed by atoms with Crippen molar-refractivity contribution in [1.29, 1.82) is 0 Å². The van der Waals surface area contributed by atoms with Gasteiger partial charge in [0.2, 0.25) is 5.91 Å². The molecule has 19 heavy (non-hydrogen) atoms. The van der Waals surface area contributed by atoms with Crippen LogP contribution in [0.5, 0.6) is 5.75 Å². The largest absolute Gasteiger partial charge is 0.495 e. The summed E-state index contributed by atoms with van der Waals surface area (Å²) in [5.41, 5.74) is 7.39. The molecule has 0 bridgehead atoms. The Morgan fingerprint density at radius 3 is 2.74 bits per heavy atom. The van der Waals surface area contributed by atoms with Gasteiger partial charge in [0, 0.05) is 11.3 Å². The molecule has 1 rings (SSSR count).